The number of halogens is 2. The maximum atomic E-state index is 12.0. The molecule has 0 saturated heterocycles. The minimum Gasteiger partial charge on any atom is -0.354 e. The SMILES string of the molecule is Cl.O=C(CCc1cc(Br)cs1)NCC1NCCc2ccccc21. The van der Waals surface area contributed by atoms with Crippen LogP contribution in [0, 0.1) is 0 Å². The van der Waals surface area contributed by atoms with Crippen molar-refractivity contribution in [2.24, 2.45) is 0 Å². The summed E-state index contributed by atoms with van der Waals surface area (Å²) in [5.41, 5.74) is 2.71. The fraction of sp³-hybridized carbons (Fsp3) is 0.353. The number of hydrogen-bond donors (Lipinski definition) is 2. The molecular formula is C17H20BrClN2OS. The molecule has 3 nitrogen and oxygen atoms in total. The number of hydrogen-bond acceptors (Lipinski definition) is 3. The molecule has 2 heterocycles. The van der Waals surface area contributed by atoms with E-state index >= 15 is 0 Å². The number of carbonyl (C=O) groups excluding carboxylic acids is 1. The summed E-state index contributed by atoms with van der Waals surface area (Å²) < 4.78 is 1.09. The van der Waals surface area contributed by atoms with Gasteiger partial charge in [0.25, 0.3) is 0 Å². The second-order valence-corrected chi connectivity index (χ2v) is 7.40. The lowest BCUT2D eigenvalue weighted by Crippen LogP contribution is -2.38. The molecular weight excluding hydrogens is 396 g/mol. The lowest BCUT2D eigenvalue weighted by Gasteiger charge is -2.27. The van der Waals surface area contributed by atoms with Crippen molar-refractivity contribution < 1.29 is 4.79 Å². The van der Waals surface area contributed by atoms with Gasteiger partial charge < -0.3 is 10.6 Å². The van der Waals surface area contributed by atoms with Crippen molar-refractivity contribution in [2.75, 3.05) is 13.1 Å². The topological polar surface area (TPSA) is 41.1 Å². The Morgan fingerprint density at radius 1 is 1.39 bits per heavy atom. The van der Waals surface area contributed by atoms with Gasteiger partial charge in [-0.15, -0.1) is 23.7 Å². The second kappa shape index (κ2) is 8.83. The van der Waals surface area contributed by atoms with E-state index in [9.17, 15) is 4.79 Å². The van der Waals surface area contributed by atoms with Gasteiger partial charge in [0.1, 0.15) is 0 Å². The van der Waals surface area contributed by atoms with E-state index in [4.69, 9.17) is 0 Å². The van der Waals surface area contributed by atoms with Gasteiger partial charge in [-0.3, -0.25) is 4.79 Å². The van der Waals surface area contributed by atoms with Gasteiger partial charge in [0, 0.05) is 33.7 Å². The second-order valence-electron chi connectivity index (χ2n) is 5.49. The van der Waals surface area contributed by atoms with Gasteiger partial charge in [0.05, 0.1) is 0 Å². The van der Waals surface area contributed by atoms with Crippen molar-refractivity contribution in [1.29, 1.82) is 0 Å². The van der Waals surface area contributed by atoms with Crippen LogP contribution in [0.5, 0.6) is 0 Å². The molecule has 0 aliphatic carbocycles. The minimum atomic E-state index is 0. The van der Waals surface area contributed by atoms with Crippen LogP contribution in [0.3, 0.4) is 0 Å². The lowest BCUT2D eigenvalue weighted by atomic mass is 9.94. The Hall–Kier alpha value is -0.880. The monoisotopic (exact) mass is 414 g/mol. The van der Waals surface area contributed by atoms with Crippen LogP contribution in [0.15, 0.2) is 40.2 Å². The normalized spacial score (nSPS) is 16.3. The third-order valence-electron chi connectivity index (χ3n) is 3.94. The number of nitrogens with one attached hydrogen (secondary N) is 2. The summed E-state index contributed by atoms with van der Waals surface area (Å²) >= 11 is 5.13. The molecule has 2 aromatic rings. The van der Waals surface area contributed by atoms with Crippen LogP contribution in [0.4, 0.5) is 0 Å². The van der Waals surface area contributed by atoms with Crippen LogP contribution in [0.2, 0.25) is 0 Å². The summed E-state index contributed by atoms with van der Waals surface area (Å²) in [6.45, 7) is 1.63. The van der Waals surface area contributed by atoms with Crippen LogP contribution < -0.4 is 10.6 Å². The van der Waals surface area contributed by atoms with Crippen LogP contribution in [0.25, 0.3) is 0 Å². The first-order valence-electron chi connectivity index (χ1n) is 7.53. The molecule has 0 saturated carbocycles. The zero-order valence-corrected chi connectivity index (χ0v) is 15.9. The minimum absolute atomic E-state index is 0. The smallest absolute Gasteiger partial charge is 0.220 e. The van der Waals surface area contributed by atoms with Crippen molar-refractivity contribution in [3.63, 3.8) is 0 Å². The molecule has 1 aliphatic heterocycles. The van der Waals surface area contributed by atoms with Crippen LogP contribution >= 0.6 is 39.7 Å². The quantitative estimate of drug-likeness (QED) is 0.778. The number of aryl methyl sites for hydroxylation is 1. The highest BCUT2D eigenvalue weighted by Gasteiger charge is 2.19. The molecule has 0 fully saturated rings. The number of fused-ring (bicyclic) bond motifs is 1. The van der Waals surface area contributed by atoms with E-state index in [2.05, 4.69) is 62.3 Å². The van der Waals surface area contributed by atoms with Gasteiger partial charge >= 0.3 is 0 Å². The van der Waals surface area contributed by atoms with Gasteiger partial charge in [-0.2, -0.15) is 0 Å². The first-order valence-corrected chi connectivity index (χ1v) is 9.20. The fourth-order valence-electron chi connectivity index (χ4n) is 2.80. The molecule has 1 atom stereocenters. The maximum Gasteiger partial charge on any atom is 0.220 e. The van der Waals surface area contributed by atoms with E-state index in [1.807, 2.05) is 0 Å². The average Bonchev–Trinajstić information content (AvgIpc) is 2.96. The number of benzene rings is 1. The van der Waals surface area contributed by atoms with E-state index in [0.717, 1.165) is 23.9 Å². The number of thiophene rings is 1. The summed E-state index contributed by atoms with van der Waals surface area (Å²) in [6.07, 6.45) is 2.41. The van der Waals surface area contributed by atoms with E-state index in [1.54, 1.807) is 11.3 Å². The molecule has 0 spiro atoms. The molecule has 1 aliphatic rings. The molecule has 23 heavy (non-hydrogen) atoms. The summed E-state index contributed by atoms with van der Waals surface area (Å²) in [4.78, 5) is 13.3. The van der Waals surface area contributed by atoms with Crippen LogP contribution in [0.1, 0.15) is 28.5 Å². The Balaban J connectivity index is 0.00000192. The average molecular weight is 416 g/mol. The molecule has 1 aromatic heterocycles. The third kappa shape index (κ3) is 5.05. The highest BCUT2D eigenvalue weighted by molar-refractivity contribution is 9.10. The first-order chi connectivity index (χ1) is 10.7. The summed E-state index contributed by atoms with van der Waals surface area (Å²) in [5.74, 6) is 0.120. The Labute approximate surface area is 155 Å². The highest BCUT2D eigenvalue weighted by Crippen LogP contribution is 2.22. The van der Waals surface area contributed by atoms with E-state index in [-0.39, 0.29) is 24.4 Å². The molecule has 0 bridgehead atoms. The Kier molecular flexibility index (Phi) is 7.09. The molecule has 1 unspecified atom stereocenters. The number of amides is 1. The van der Waals surface area contributed by atoms with Crippen molar-refractivity contribution in [1.82, 2.24) is 10.6 Å². The predicted octanol–water partition coefficient (Wildman–Crippen LogP) is 3.87. The maximum absolute atomic E-state index is 12.0. The largest absolute Gasteiger partial charge is 0.354 e. The van der Waals surface area contributed by atoms with Crippen LogP contribution in [-0.4, -0.2) is 19.0 Å². The zero-order valence-electron chi connectivity index (χ0n) is 12.7. The number of rotatable bonds is 5. The lowest BCUT2D eigenvalue weighted by molar-refractivity contribution is -0.121. The molecule has 0 radical (unpaired) electrons. The zero-order chi connectivity index (χ0) is 15.4. The predicted molar refractivity (Wildman–Crippen MR) is 101 cm³/mol. The number of carbonyl (C=O) groups is 1. The first kappa shape index (κ1) is 18.5. The summed E-state index contributed by atoms with van der Waals surface area (Å²) in [7, 11) is 0. The fourth-order valence-corrected chi connectivity index (χ4v) is 4.26. The van der Waals surface area contributed by atoms with Crippen LogP contribution in [-0.2, 0) is 17.6 Å². The van der Waals surface area contributed by atoms with Gasteiger partial charge in [-0.1, -0.05) is 24.3 Å². The van der Waals surface area contributed by atoms with E-state index in [1.165, 1.54) is 16.0 Å². The van der Waals surface area contributed by atoms with Gasteiger partial charge in [-0.05, 0) is 52.5 Å². The summed E-state index contributed by atoms with van der Waals surface area (Å²) in [5, 5.41) is 8.60. The van der Waals surface area contributed by atoms with Crippen molar-refractivity contribution in [2.45, 2.75) is 25.3 Å². The van der Waals surface area contributed by atoms with E-state index < -0.39 is 0 Å². The van der Waals surface area contributed by atoms with Gasteiger partial charge in [0.15, 0.2) is 0 Å². The third-order valence-corrected chi connectivity index (χ3v) is 5.70. The summed E-state index contributed by atoms with van der Waals surface area (Å²) in [6, 6.07) is 10.8. The molecule has 3 rings (SSSR count). The molecule has 6 heteroatoms. The molecule has 1 amide bonds. The Morgan fingerprint density at radius 3 is 3.00 bits per heavy atom. The van der Waals surface area contributed by atoms with E-state index in [0.29, 0.717) is 13.0 Å². The van der Waals surface area contributed by atoms with Gasteiger partial charge in [0.2, 0.25) is 5.91 Å². The van der Waals surface area contributed by atoms with Crippen molar-refractivity contribution >= 4 is 45.6 Å². The van der Waals surface area contributed by atoms with Crippen molar-refractivity contribution in [3.8, 4) is 0 Å². The molecule has 2 N–H and O–H groups in total. The molecule has 1 aromatic carbocycles. The highest BCUT2D eigenvalue weighted by atomic mass is 79.9. The standard InChI is InChI=1S/C17H19BrN2OS.ClH/c18-13-9-14(22-11-13)5-6-17(21)20-10-16-15-4-2-1-3-12(15)7-8-19-16;/h1-4,9,11,16,19H,5-8,10H2,(H,20,21);1H. The molecule has 124 valence electrons. The van der Waals surface area contributed by atoms with Gasteiger partial charge in [-0.25, -0.2) is 0 Å². The Bertz CT molecular complexity index is 662. The Morgan fingerprint density at radius 2 is 2.22 bits per heavy atom. The van der Waals surface area contributed by atoms with Crippen molar-refractivity contribution in [3.05, 3.63) is 56.2 Å².